The van der Waals surface area contributed by atoms with Crippen molar-refractivity contribution in [1.82, 2.24) is 4.90 Å². The summed E-state index contributed by atoms with van der Waals surface area (Å²) in [5.41, 5.74) is 2.05. The number of nitrogens with zero attached hydrogens (tertiary/aromatic N) is 1. The van der Waals surface area contributed by atoms with E-state index in [1.807, 2.05) is 0 Å². The van der Waals surface area contributed by atoms with Crippen LogP contribution in [0.15, 0.2) is 30.3 Å². The molecule has 19 heavy (non-hydrogen) atoms. The highest BCUT2D eigenvalue weighted by Gasteiger charge is 2.29. The molecule has 1 atom stereocenters. The number of likely N-dealkylation sites (tertiary alicyclic amines) is 1. The van der Waals surface area contributed by atoms with Gasteiger partial charge in [-0.3, -0.25) is 0 Å². The van der Waals surface area contributed by atoms with Crippen LogP contribution in [0.2, 0.25) is 0 Å². The van der Waals surface area contributed by atoms with Gasteiger partial charge in [-0.2, -0.15) is 0 Å². The minimum atomic E-state index is 0.590. The molecule has 2 heteroatoms. The number of rotatable bonds is 5. The van der Waals surface area contributed by atoms with Gasteiger partial charge in [0.1, 0.15) is 0 Å². The summed E-state index contributed by atoms with van der Waals surface area (Å²) >= 11 is 3.69. The van der Waals surface area contributed by atoms with E-state index in [9.17, 15) is 0 Å². The third kappa shape index (κ3) is 4.06. The first-order valence-electron chi connectivity index (χ1n) is 7.50. The van der Waals surface area contributed by atoms with Crippen LogP contribution in [-0.2, 0) is 0 Å². The first-order chi connectivity index (χ1) is 9.17. The van der Waals surface area contributed by atoms with Gasteiger partial charge in [-0.15, -0.1) is 0 Å². The van der Waals surface area contributed by atoms with Crippen molar-refractivity contribution in [3.05, 3.63) is 35.9 Å². The first kappa shape index (κ1) is 15.1. The fraction of sp³-hybridized carbons (Fsp3) is 0.647. The van der Waals surface area contributed by atoms with Crippen LogP contribution in [-0.4, -0.2) is 29.9 Å². The zero-order chi connectivity index (χ0) is 13.7. The van der Waals surface area contributed by atoms with E-state index in [1.54, 1.807) is 0 Å². The third-order valence-electron chi connectivity index (χ3n) is 4.85. The Labute approximate surface area is 126 Å². The fourth-order valence-corrected chi connectivity index (χ4v) is 3.49. The van der Waals surface area contributed by atoms with E-state index in [0.717, 1.165) is 5.33 Å². The Kier molecular flexibility index (Phi) is 5.47. The predicted octanol–water partition coefficient (Wildman–Crippen LogP) is 4.68. The van der Waals surface area contributed by atoms with Gasteiger partial charge in [-0.25, -0.2) is 0 Å². The molecule has 1 nitrogen and oxygen atoms in total. The molecule has 1 saturated heterocycles. The molecule has 1 aliphatic heterocycles. The van der Waals surface area contributed by atoms with Crippen LogP contribution < -0.4 is 0 Å². The number of hydrogen-bond acceptors (Lipinski definition) is 1. The van der Waals surface area contributed by atoms with Gasteiger partial charge in [0, 0.05) is 17.8 Å². The summed E-state index contributed by atoms with van der Waals surface area (Å²) in [6.45, 7) is 8.50. The zero-order valence-corrected chi connectivity index (χ0v) is 13.8. The summed E-state index contributed by atoms with van der Waals surface area (Å²) in [6.07, 6.45) is 4.03. The van der Waals surface area contributed by atoms with Crippen LogP contribution in [0.4, 0.5) is 0 Å². The summed E-state index contributed by atoms with van der Waals surface area (Å²) in [7, 11) is 0. The molecule has 0 bridgehead atoms. The Morgan fingerprint density at radius 2 is 1.84 bits per heavy atom. The molecular weight excluding hydrogens is 298 g/mol. The molecule has 0 aromatic heterocycles. The van der Waals surface area contributed by atoms with Crippen molar-refractivity contribution in [2.45, 2.75) is 39.0 Å². The van der Waals surface area contributed by atoms with Gasteiger partial charge in [0.15, 0.2) is 0 Å². The van der Waals surface area contributed by atoms with E-state index in [-0.39, 0.29) is 0 Å². The summed E-state index contributed by atoms with van der Waals surface area (Å²) in [5, 5.41) is 1.05. The van der Waals surface area contributed by atoms with Gasteiger partial charge in [0.05, 0.1) is 0 Å². The van der Waals surface area contributed by atoms with Gasteiger partial charge >= 0.3 is 0 Å². The molecule has 0 spiro atoms. The standard InChI is InChI=1S/C17H26BrN/c1-3-17(2)9-11-19(12-10-17)14-16(13-18)15-7-5-4-6-8-15/h4-8,16H,3,9-14H2,1-2H3. The average Bonchev–Trinajstić information content (AvgIpc) is 2.48. The van der Waals surface area contributed by atoms with Crippen LogP contribution in [0, 0.1) is 5.41 Å². The summed E-state index contributed by atoms with van der Waals surface area (Å²) in [4.78, 5) is 2.65. The number of hydrogen-bond donors (Lipinski definition) is 0. The zero-order valence-electron chi connectivity index (χ0n) is 12.2. The SMILES string of the molecule is CCC1(C)CCN(CC(CBr)c2ccccc2)CC1. The quantitative estimate of drug-likeness (QED) is 0.711. The summed E-state index contributed by atoms with van der Waals surface area (Å²) < 4.78 is 0. The second-order valence-corrected chi connectivity index (χ2v) is 6.87. The Morgan fingerprint density at radius 3 is 2.37 bits per heavy atom. The lowest BCUT2D eigenvalue weighted by Gasteiger charge is -2.40. The molecule has 1 heterocycles. The van der Waals surface area contributed by atoms with Crippen LogP contribution in [0.1, 0.15) is 44.6 Å². The third-order valence-corrected chi connectivity index (χ3v) is 5.63. The van der Waals surface area contributed by atoms with Gasteiger partial charge in [-0.05, 0) is 36.9 Å². The van der Waals surface area contributed by atoms with Crippen molar-refractivity contribution >= 4 is 15.9 Å². The Balaban J connectivity index is 1.91. The first-order valence-corrected chi connectivity index (χ1v) is 8.62. The van der Waals surface area contributed by atoms with Crippen molar-refractivity contribution in [3.8, 4) is 0 Å². The topological polar surface area (TPSA) is 3.24 Å². The Bertz CT molecular complexity index is 368. The lowest BCUT2D eigenvalue weighted by atomic mass is 9.78. The molecule has 106 valence electrons. The molecule has 0 N–H and O–H groups in total. The van der Waals surface area contributed by atoms with Crippen molar-refractivity contribution in [1.29, 1.82) is 0 Å². The average molecular weight is 324 g/mol. The smallest absolute Gasteiger partial charge is 0.0112 e. The second kappa shape index (κ2) is 6.90. The van der Waals surface area contributed by atoms with Crippen LogP contribution >= 0.6 is 15.9 Å². The predicted molar refractivity (Wildman–Crippen MR) is 87.0 cm³/mol. The van der Waals surface area contributed by atoms with Gasteiger partial charge in [-0.1, -0.05) is 66.5 Å². The van der Waals surface area contributed by atoms with E-state index in [0.29, 0.717) is 11.3 Å². The molecule has 0 radical (unpaired) electrons. The highest BCUT2D eigenvalue weighted by atomic mass is 79.9. The van der Waals surface area contributed by atoms with Crippen molar-refractivity contribution < 1.29 is 0 Å². The van der Waals surface area contributed by atoms with Gasteiger partial charge in [0.2, 0.25) is 0 Å². The molecule has 1 aromatic rings. The summed E-state index contributed by atoms with van der Waals surface area (Å²) in [5.74, 6) is 0.618. The lowest BCUT2D eigenvalue weighted by Crippen LogP contribution is -2.40. The van der Waals surface area contributed by atoms with E-state index >= 15 is 0 Å². The van der Waals surface area contributed by atoms with E-state index in [4.69, 9.17) is 0 Å². The summed E-state index contributed by atoms with van der Waals surface area (Å²) in [6, 6.07) is 10.9. The Hall–Kier alpha value is -0.340. The molecule has 0 saturated carbocycles. The van der Waals surface area contributed by atoms with Gasteiger partial charge < -0.3 is 4.90 Å². The molecule has 1 unspecified atom stereocenters. The van der Waals surface area contributed by atoms with E-state index < -0.39 is 0 Å². The highest BCUT2D eigenvalue weighted by molar-refractivity contribution is 9.09. The number of halogens is 1. The van der Waals surface area contributed by atoms with Crippen molar-refractivity contribution in [2.24, 2.45) is 5.41 Å². The highest BCUT2D eigenvalue weighted by Crippen LogP contribution is 2.34. The molecule has 1 aliphatic rings. The molecule has 1 aromatic carbocycles. The maximum Gasteiger partial charge on any atom is 0.0112 e. The molecule has 2 rings (SSSR count). The molecule has 1 fully saturated rings. The maximum absolute atomic E-state index is 3.69. The number of alkyl halides is 1. The molecule has 0 amide bonds. The van der Waals surface area contributed by atoms with Gasteiger partial charge in [0.25, 0.3) is 0 Å². The largest absolute Gasteiger partial charge is 0.303 e. The minimum absolute atomic E-state index is 0.590. The van der Waals surface area contributed by atoms with Crippen molar-refractivity contribution in [3.63, 3.8) is 0 Å². The molecular formula is C17H26BrN. The van der Waals surface area contributed by atoms with E-state index in [2.05, 4.69) is 65.0 Å². The van der Waals surface area contributed by atoms with Crippen molar-refractivity contribution in [2.75, 3.05) is 25.0 Å². The second-order valence-electron chi connectivity index (χ2n) is 6.23. The number of benzene rings is 1. The minimum Gasteiger partial charge on any atom is -0.303 e. The Morgan fingerprint density at radius 1 is 1.21 bits per heavy atom. The fourth-order valence-electron chi connectivity index (χ4n) is 2.91. The normalized spacial score (nSPS) is 21.2. The maximum atomic E-state index is 3.69. The molecule has 0 aliphatic carbocycles. The van der Waals surface area contributed by atoms with Crippen LogP contribution in [0.3, 0.4) is 0 Å². The van der Waals surface area contributed by atoms with E-state index in [1.165, 1.54) is 44.5 Å². The van der Waals surface area contributed by atoms with Crippen LogP contribution in [0.25, 0.3) is 0 Å². The lowest BCUT2D eigenvalue weighted by molar-refractivity contribution is 0.111. The number of piperidine rings is 1. The van der Waals surface area contributed by atoms with Crippen LogP contribution in [0.5, 0.6) is 0 Å². The monoisotopic (exact) mass is 323 g/mol.